The van der Waals surface area contributed by atoms with Crippen LogP contribution in [0.1, 0.15) is 52.4 Å². The first kappa shape index (κ1) is 14.8. The minimum Gasteiger partial charge on any atom is -0.352 e. The van der Waals surface area contributed by atoms with Gasteiger partial charge in [-0.2, -0.15) is 0 Å². The Labute approximate surface area is 119 Å². The zero-order valence-corrected chi connectivity index (χ0v) is 12.2. The highest BCUT2D eigenvalue weighted by atomic mass is 16.2. The van der Waals surface area contributed by atoms with Crippen molar-refractivity contribution >= 4 is 17.8 Å². The summed E-state index contributed by atoms with van der Waals surface area (Å²) in [6.07, 6.45) is 5.16. The number of nitrogens with one attached hydrogen (secondary N) is 2. The van der Waals surface area contributed by atoms with Crippen molar-refractivity contribution in [3.05, 3.63) is 0 Å². The van der Waals surface area contributed by atoms with E-state index in [1.807, 2.05) is 13.8 Å². The summed E-state index contributed by atoms with van der Waals surface area (Å²) in [6.45, 7) is 3.68. The van der Waals surface area contributed by atoms with E-state index < -0.39 is 11.6 Å². The first-order valence-corrected chi connectivity index (χ1v) is 7.42. The van der Waals surface area contributed by atoms with Gasteiger partial charge in [0, 0.05) is 6.04 Å². The van der Waals surface area contributed by atoms with Crippen LogP contribution in [0.3, 0.4) is 0 Å². The summed E-state index contributed by atoms with van der Waals surface area (Å²) in [7, 11) is 0. The monoisotopic (exact) mass is 281 g/mol. The molecule has 4 amide bonds. The largest absolute Gasteiger partial charge is 0.352 e. The van der Waals surface area contributed by atoms with Gasteiger partial charge in [0.2, 0.25) is 5.91 Å². The van der Waals surface area contributed by atoms with Gasteiger partial charge in [-0.15, -0.1) is 0 Å². The van der Waals surface area contributed by atoms with Gasteiger partial charge in [-0.05, 0) is 26.2 Å². The molecule has 0 aromatic carbocycles. The third-order valence-corrected chi connectivity index (χ3v) is 4.27. The van der Waals surface area contributed by atoms with E-state index in [2.05, 4.69) is 10.6 Å². The molecule has 20 heavy (non-hydrogen) atoms. The Kier molecular flexibility index (Phi) is 4.30. The molecule has 1 saturated carbocycles. The molecule has 2 rings (SSSR count). The summed E-state index contributed by atoms with van der Waals surface area (Å²) in [5.41, 5.74) is -0.744. The van der Waals surface area contributed by atoms with Gasteiger partial charge < -0.3 is 10.6 Å². The zero-order valence-electron chi connectivity index (χ0n) is 12.2. The predicted molar refractivity (Wildman–Crippen MR) is 74.0 cm³/mol. The number of nitrogens with zero attached hydrogens (tertiary/aromatic N) is 1. The number of carbonyl (C=O) groups is 3. The standard InChI is InChI=1S/C14H23N3O3/c1-3-10(2)15-11(18)9-17-12(19)14(16-13(17)20)7-5-4-6-8-14/h10H,3-9H2,1-2H3,(H,15,18)(H,16,20)/t10-/m0/s1. The van der Waals surface area contributed by atoms with E-state index in [-0.39, 0.29) is 24.4 Å². The van der Waals surface area contributed by atoms with Crippen molar-refractivity contribution in [1.82, 2.24) is 15.5 Å². The highest BCUT2D eigenvalue weighted by Crippen LogP contribution is 2.33. The molecular weight excluding hydrogens is 258 g/mol. The van der Waals surface area contributed by atoms with E-state index in [4.69, 9.17) is 0 Å². The van der Waals surface area contributed by atoms with Crippen molar-refractivity contribution in [3.8, 4) is 0 Å². The summed E-state index contributed by atoms with van der Waals surface area (Å²) in [4.78, 5) is 37.3. The van der Waals surface area contributed by atoms with E-state index in [1.165, 1.54) is 0 Å². The van der Waals surface area contributed by atoms with Gasteiger partial charge >= 0.3 is 6.03 Å². The van der Waals surface area contributed by atoms with Crippen LogP contribution >= 0.6 is 0 Å². The molecule has 0 radical (unpaired) electrons. The molecule has 0 unspecified atom stereocenters. The molecule has 1 saturated heterocycles. The van der Waals surface area contributed by atoms with E-state index in [0.29, 0.717) is 12.8 Å². The summed E-state index contributed by atoms with van der Waals surface area (Å²) in [5.74, 6) is -0.516. The summed E-state index contributed by atoms with van der Waals surface area (Å²) in [6, 6.07) is -0.386. The van der Waals surface area contributed by atoms with E-state index in [9.17, 15) is 14.4 Å². The molecule has 1 spiro atoms. The SMILES string of the molecule is CC[C@H](C)NC(=O)CN1C(=O)NC2(CCCCC2)C1=O. The second kappa shape index (κ2) is 5.81. The quantitative estimate of drug-likeness (QED) is 0.759. The van der Waals surface area contributed by atoms with Gasteiger partial charge in [-0.25, -0.2) is 4.79 Å². The molecule has 6 nitrogen and oxygen atoms in total. The molecule has 1 aliphatic heterocycles. The Morgan fingerprint density at radius 2 is 2.00 bits per heavy atom. The Balaban J connectivity index is 2.00. The van der Waals surface area contributed by atoms with Gasteiger partial charge in [0.05, 0.1) is 0 Å². The fourth-order valence-corrected chi connectivity index (χ4v) is 2.88. The van der Waals surface area contributed by atoms with Gasteiger partial charge in [0.15, 0.2) is 0 Å². The first-order chi connectivity index (χ1) is 9.48. The normalized spacial score (nSPS) is 22.8. The van der Waals surface area contributed by atoms with Crippen LogP contribution < -0.4 is 10.6 Å². The minimum atomic E-state index is -0.744. The van der Waals surface area contributed by atoms with Crippen molar-refractivity contribution in [2.45, 2.75) is 64.0 Å². The number of rotatable bonds is 4. The maximum Gasteiger partial charge on any atom is 0.325 e. The summed E-state index contributed by atoms with van der Waals surface area (Å²) in [5, 5.41) is 5.58. The zero-order chi connectivity index (χ0) is 14.8. The number of imide groups is 1. The van der Waals surface area contributed by atoms with E-state index >= 15 is 0 Å². The van der Waals surface area contributed by atoms with Gasteiger partial charge in [0.25, 0.3) is 5.91 Å². The maximum absolute atomic E-state index is 12.4. The second-order valence-electron chi connectivity index (χ2n) is 5.84. The maximum atomic E-state index is 12.4. The number of carbonyl (C=O) groups excluding carboxylic acids is 3. The Bertz CT molecular complexity index is 416. The fourth-order valence-electron chi connectivity index (χ4n) is 2.88. The smallest absolute Gasteiger partial charge is 0.325 e. The molecule has 1 atom stereocenters. The number of urea groups is 1. The van der Waals surface area contributed by atoms with Crippen LogP contribution in [0.4, 0.5) is 4.79 Å². The lowest BCUT2D eigenvalue weighted by molar-refractivity contribution is -0.136. The van der Waals surface area contributed by atoms with Crippen molar-refractivity contribution < 1.29 is 14.4 Å². The van der Waals surface area contributed by atoms with Gasteiger partial charge in [-0.3, -0.25) is 14.5 Å². The number of hydrogen-bond acceptors (Lipinski definition) is 3. The molecule has 1 aliphatic carbocycles. The Morgan fingerprint density at radius 1 is 1.35 bits per heavy atom. The lowest BCUT2D eigenvalue weighted by Gasteiger charge is -2.30. The highest BCUT2D eigenvalue weighted by molar-refractivity contribution is 6.09. The van der Waals surface area contributed by atoms with Crippen LogP contribution in [0.2, 0.25) is 0 Å². The number of amides is 4. The third kappa shape index (κ3) is 2.78. The van der Waals surface area contributed by atoms with E-state index in [0.717, 1.165) is 30.6 Å². The van der Waals surface area contributed by atoms with Crippen molar-refractivity contribution in [3.63, 3.8) is 0 Å². The minimum absolute atomic E-state index is 0.0481. The van der Waals surface area contributed by atoms with Crippen LogP contribution in [0.5, 0.6) is 0 Å². The van der Waals surface area contributed by atoms with Gasteiger partial charge in [0.1, 0.15) is 12.1 Å². The van der Waals surface area contributed by atoms with Gasteiger partial charge in [-0.1, -0.05) is 26.2 Å². The number of hydrogen-bond donors (Lipinski definition) is 2. The van der Waals surface area contributed by atoms with Crippen LogP contribution in [0.25, 0.3) is 0 Å². The summed E-state index contributed by atoms with van der Waals surface area (Å²) < 4.78 is 0. The molecule has 0 aromatic heterocycles. The molecule has 0 aromatic rings. The molecular formula is C14H23N3O3. The third-order valence-electron chi connectivity index (χ3n) is 4.27. The van der Waals surface area contributed by atoms with Crippen LogP contribution in [-0.2, 0) is 9.59 Å². The van der Waals surface area contributed by atoms with Crippen LogP contribution in [0.15, 0.2) is 0 Å². The average Bonchev–Trinajstić information content (AvgIpc) is 2.64. The van der Waals surface area contributed by atoms with E-state index in [1.54, 1.807) is 0 Å². The molecule has 112 valence electrons. The second-order valence-corrected chi connectivity index (χ2v) is 5.84. The molecule has 0 bridgehead atoms. The predicted octanol–water partition coefficient (Wildman–Crippen LogP) is 1.16. The van der Waals surface area contributed by atoms with Crippen LogP contribution in [0, 0.1) is 0 Å². The molecule has 2 N–H and O–H groups in total. The topological polar surface area (TPSA) is 78.5 Å². The molecule has 2 aliphatic rings. The molecule has 6 heteroatoms. The average molecular weight is 281 g/mol. The van der Waals surface area contributed by atoms with Crippen molar-refractivity contribution in [2.24, 2.45) is 0 Å². The lowest BCUT2D eigenvalue weighted by Crippen LogP contribution is -2.49. The van der Waals surface area contributed by atoms with Crippen molar-refractivity contribution in [1.29, 1.82) is 0 Å². The Hall–Kier alpha value is -1.59. The lowest BCUT2D eigenvalue weighted by atomic mass is 9.82. The van der Waals surface area contributed by atoms with Crippen LogP contribution in [-0.4, -0.2) is 40.9 Å². The fraction of sp³-hybridized carbons (Fsp3) is 0.786. The summed E-state index contributed by atoms with van der Waals surface area (Å²) >= 11 is 0. The Morgan fingerprint density at radius 3 is 2.60 bits per heavy atom. The highest BCUT2D eigenvalue weighted by Gasteiger charge is 2.51. The molecule has 2 fully saturated rings. The molecule has 1 heterocycles. The first-order valence-electron chi connectivity index (χ1n) is 7.42. The van der Waals surface area contributed by atoms with Crippen molar-refractivity contribution in [2.75, 3.05) is 6.54 Å².